The standard InChI is InChI=1S/C22H28N2O5S/c1-5-18(15-7-10-20(28-3)21(14-15)29-4)23-30(26,27)17-8-9-19-16(13-17)11-12-24(19)22(25)6-2/h7-10,13-14,18,23H,5-6,11-12H2,1-4H3/t18-/m0/s1. The fourth-order valence-corrected chi connectivity index (χ4v) is 5.07. The molecule has 1 aliphatic heterocycles. The van der Waals surface area contributed by atoms with Crippen molar-refractivity contribution in [3.05, 3.63) is 47.5 Å². The van der Waals surface area contributed by atoms with E-state index in [2.05, 4.69) is 4.72 Å². The predicted molar refractivity (Wildman–Crippen MR) is 116 cm³/mol. The van der Waals surface area contributed by atoms with E-state index in [1.807, 2.05) is 19.9 Å². The molecule has 1 N–H and O–H groups in total. The molecule has 0 saturated heterocycles. The van der Waals surface area contributed by atoms with Gasteiger partial charge in [-0.2, -0.15) is 0 Å². The number of fused-ring (bicyclic) bond motifs is 1. The number of hydrogen-bond acceptors (Lipinski definition) is 5. The fourth-order valence-electron chi connectivity index (χ4n) is 3.71. The number of hydrogen-bond donors (Lipinski definition) is 1. The highest BCUT2D eigenvalue weighted by molar-refractivity contribution is 7.89. The molecule has 0 aromatic heterocycles. The van der Waals surface area contributed by atoms with Gasteiger partial charge in [0.25, 0.3) is 0 Å². The van der Waals surface area contributed by atoms with E-state index in [0.29, 0.717) is 37.3 Å². The number of rotatable bonds is 8. The van der Waals surface area contributed by atoms with Crippen molar-refractivity contribution in [3.63, 3.8) is 0 Å². The first-order chi connectivity index (χ1) is 14.3. The number of methoxy groups -OCH3 is 2. The van der Waals surface area contributed by atoms with Crippen LogP contribution >= 0.6 is 0 Å². The number of nitrogens with one attached hydrogen (secondary N) is 1. The molecule has 2 aromatic rings. The van der Waals surface area contributed by atoms with Crippen molar-refractivity contribution < 1.29 is 22.7 Å². The minimum Gasteiger partial charge on any atom is -0.493 e. The number of carbonyl (C=O) groups is 1. The number of nitrogens with zero attached hydrogens (tertiary/aromatic N) is 1. The van der Waals surface area contributed by atoms with Crippen LogP contribution < -0.4 is 19.1 Å². The second-order valence-corrected chi connectivity index (χ2v) is 8.85. The summed E-state index contributed by atoms with van der Waals surface area (Å²) in [6.45, 7) is 4.32. The summed E-state index contributed by atoms with van der Waals surface area (Å²) in [5, 5.41) is 0. The molecule has 0 unspecified atom stereocenters. The van der Waals surface area contributed by atoms with Crippen molar-refractivity contribution in [2.75, 3.05) is 25.7 Å². The van der Waals surface area contributed by atoms with Crippen LogP contribution in [0, 0.1) is 0 Å². The first-order valence-electron chi connectivity index (χ1n) is 10.0. The number of ether oxygens (including phenoxy) is 2. The van der Waals surface area contributed by atoms with Crippen molar-refractivity contribution in [1.82, 2.24) is 4.72 Å². The number of sulfonamides is 1. The zero-order valence-electron chi connectivity index (χ0n) is 17.8. The Kier molecular flexibility index (Phi) is 6.67. The van der Waals surface area contributed by atoms with Crippen LogP contribution in [0.25, 0.3) is 0 Å². The molecule has 7 nitrogen and oxygen atoms in total. The van der Waals surface area contributed by atoms with Gasteiger partial charge in [-0.3, -0.25) is 4.79 Å². The Bertz CT molecular complexity index is 1040. The molecule has 3 rings (SSSR count). The van der Waals surface area contributed by atoms with Crippen LogP contribution in [0.1, 0.15) is 43.9 Å². The highest BCUT2D eigenvalue weighted by Crippen LogP contribution is 2.33. The van der Waals surface area contributed by atoms with E-state index in [1.165, 1.54) is 0 Å². The van der Waals surface area contributed by atoms with E-state index in [4.69, 9.17) is 9.47 Å². The highest BCUT2D eigenvalue weighted by Gasteiger charge is 2.27. The minimum absolute atomic E-state index is 0.0435. The SMILES string of the molecule is CCC(=O)N1CCc2cc(S(=O)(=O)N[C@@H](CC)c3ccc(OC)c(OC)c3)ccc21. The van der Waals surface area contributed by atoms with Crippen molar-refractivity contribution in [1.29, 1.82) is 0 Å². The predicted octanol–water partition coefficient (Wildman–Crippen LogP) is 3.43. The summed E-state index contributed by atoms with van der Waals surface area (Å²) in [6.07, 6.45) is 1.64. The molecule has 0 fully saturated rings. The molecule has 1 heterocycles. The topological polar surface area (TPSA) is 84.9 Å². The Morgan fingerprint density at radius 3 is 2.47 bits per heavy atom. The van der Waals surface area contributed by atoms with Crippen LogP contribution in [0.2, 0.25) is 0 Å². The second kappa shape index (κ2) is 9.06. The third-order valence-corrected chi connectivity index (χ3v) is 6.85. The Balaban J connectivity index is 1.86. The molecular formula is C22H28N2O5S. The van der Waals surface area contributed by atoms with Gasteiger partial charge >= 0.3 is 0 Å². The number of benzene rings is 2. The number of amides is 1. The summed E-state index contributed by atoms with van der Waals surface area (Å²) < 4.78 is 39.5. The molecule has 8 heteroatoms. The lowest BCUT2D eigenvalue weighted by molar-refractivity contribution is -0.118. The van der Waals surface area contributed by atoms with Crippen LogP contribution in [0.15, 0.2) is 41.3 Å². The van der Waals surface area contributed by atoms with Crippen LogP contribution in [0.3, 0.4) is 0 Å². The van der Waals surface area contributed by atoms with E-state index >= 15 is 0 Å². The molecule has 0 radical (unpaired) electrons. The normalized spacial score (nSPS) is 14.3. The zero-order valence-corrected chi connectivity index (χ0v) is 18.6. The maximum Gasteiger partial charge on any atom is 0.241 e. The van der Waals surface area contributed by atoms with Gasteiger partial charge in [0.1, 0.15) is 0 Å². The van der Waals surface area contributed by atoms with E-state index in [-0.39, 0.29) is 10.8 Å². The van der Waals surface area contributed by atoms with Crippen molar-refractivity contribution >= 4 is 21.6 Å². The van der Waals surface area contributed by atoms with Crippen molar-refractivity contribution in [2.24, 2.45) is 0 Å². The van der Waals surface area contributed by atoms with E-state index in [1.54, 1.807) is 49.5 Å². The number of carbonyl (C=O) groups excluding carboxylic acids is 1. The first-order valence-corrected chi connectivity index (χ1v) is 11.5. The summed E-state index contributed by atoms with van der Waals surface area (Å²) >= 11 is 0. The van der Waals surface area contributed by atoms with E-state index in [9.17, 15) is 13.2 Å². The maximum absolute atomic E-state index is 13.1. The van der Waals surface area contributed by atoms with Gasteiger partial charge in [0, 0.05) is 24.7 Å². The molecule has 0 bridgehead atoms. The monoisotopic (exact) mass is 432 g/mol. The van der Waals surface area contributed by atoms with Crippen molar-refractivity contribution in [2.45, 2.75) is 44.0 Å². The molecule has 0 spiro atoms. The average molecular weight is 433 g/mol. The largest absolute Gasteiger partial charge is 0.493 e. The Morgan fingerprint density at radius 1 is 1.10 bits per heavy atom. The van der Waals surface area contributed by atoms with E-state index in [0.717, 1.165) is 16.8 Å². The van der Waals surface area contributed by atoms with Crippen LogP contribution in [0.5, 0.6) is 11.5 Å². The van der Waals surface area contributed by atoms with Gasteiger partial charge in [-0.05, 0) is 54.3 Å². The maximum atomic E-state index is 13.1. The number of anilines is 1. The van der Waals surface area contributed by atoms with Gasteiger partial charge in [-0.25, -0.2) is 13.1 Å². The van der Waals surface area contributed by atoms with Crippen LogP contribution in [0.4, 0.5) is 5.69 Å². The van der Waals surface area contributed by atoms with Gasteiger partial charge in [0.15, 0.2) is 11.5 Å². The van der Waals surface area contributed by atoms with Gasteiger partial charge in [0.2, 0.25) is 15.9 Å². The smallest absolute Gasteiger partial charge is 0.241 e. The molecule has 2 aromatic carbocycles. The quantitative estimate of drug-likeness (QED) is 0.691. The molecule has 1 atom stereocenters. The third-order valence-electron chi connectivity index (χ3n) is 5.38. The summed E-state index contributed by atoms with van der Waals surface area (Å²) in [4.78, 5) is 14.0. The summed E-state index contributed by atoms with van der Waals surface area (Å²) in [5.41, 5.74) is 2.46. The lowest BCUT2D eigenvalue weighted by Crippen LogP contribution is -2.29. The van der Waals surface area contributed by atoms with Gasteiger partial charge in [-0.1, -0.05) is 19.9 Å². The molecule has 0 saturated carbocycles. The second-order valence-electron chi connectivity index (χ2n) is 7.14. The molecule has 1 aliphatic rings. The average Bonchev–Trinajstić information content (AvgIpc) is 3.19. The zero-order chi connectivity index (χ0) is 21.9. The Labute approximate surface area is 178 Å². The first kappa shape index (κ1) is 22.1. The third kappa shape index (κ3) is 4.29. The van der Waals surface area contributed by atoms with Gasteiger partial charge in [-0.15, -0.1) is 0 Å². The van der Waals surface area contributed by atoms with Crippen LogP contribution in [-0.2, 0) is 21.2 Å². The van der Waals surface area contributed by atoms with Gasteiger partial charge in [0.05, 0.1) is 19.1 Å². The molecule has 1 amide bonds. The fraction of sp³-hybridized carbons (Fsp3) is 0.409. The molecule has 162 valence electrons. The minimum atomic E-state index is -3.75. The highest BCUT2D eigenvalue weighted by atomic mass is 32.2. The lowest BCUT2D eigenvalue weighted by Gasteiger charge is -2.20. The summed E-state index contributed by atoms with van der Waals surface area (Å²) in [6, 6.07) is 9.91. The van der Waals surface area contributed by atoms with Gasteiger partial charge < -0.3 is 14.4 Å². The van der Waals surface area contributed by atoms with Crippen LogP contribution in [-0.4, -0.2) is 35.1 Å². The summed E-state index contributed by atoms with van der Waals surface area (Å²) in [7, 11) is -0.644. The molecule has 0 aliphatic carbocycles. The van der Waals surface area contributed by atoms with Crippen molar-refractivity contribution in [3.8, 4) is 11.5 Å². The molecule has 30 heavy (non-hydrogen) atoms. The Hall–Kier alpha value is -2.58. The lowest BCUT2D eigenvalue weighted by atomic mass is 10.1. The molecular weight excluding hydrogens is 404 g/mol. The Morgan fingerprint density at radius 2 is 1.83 bits per heavy atom. The summed E-state index contributed by atoms with van der Waals surface area (Å²) in [5.74, 6) is 1.18. The van der Waals surface area contributed by atoms with E-state index < -0.39 is 16.1 Å².